The molecule has 0 spiro atoms. The van der Waals surface area contributed by atoms with E-state index in [1.165, 1.54) is 0 Å². The molecule has 0 bridgehead atoms. The van der Waals surface area contributed by atoms with E-state index in [0.29, 0.717) is 6.54 Å². The smallest absolute Gasteiger partial charge is 0.407 e. The number of amides is 1. The highest BCUT2D eigenvalue weighted by molar-refractivity contribution is 5.67. The van der Waals surface area contributed by atoms with Gasteiger partial charge in [0.2, 0.25) is 0 Å². The summed E-state index contributed by atoms with van der Waals surface area (Å²) in [6, 6.07) is 15.9. The fraction of sp³-hybridized carbons (Fsp3) is 0.316. The maximum Gasteiger partial charge on any atom is 0.407 e. The molecule has 3 N–H and O–H groups in total. The van der Waals surface area contributed by atoms with Crippen molar-refractivity contribution in [2.75, 3.05) is 5.73 Å². The van der Waals surface area contributed by atoms with E-state index in [-0.39, 0.29) is 0 Å². The van der Waals surface area contributed by atoms with Crippen LogP contribution in [0.15, 0.2) is 48.5 Å². The summed E-state index contributed by atoms with van der Waals surface area (Å²) in [5.74, 6) is 0. The molecule has 1 amide bonds. The minimum atomic E-state index is -0.495. The number of benzene rings is 2. The van der Waals surface area contributed by atoms with Gasteiger partial charge in [0, 0.05) is 12.2 Å². The van der Waals surface area contributed by atoms with Crippen molar-refractivity contribution in [2.24, 2.45) is 0 Å². The Morgan fingerprint density at radius 1 is 1.09 bits per heavy atom. The standard InChI is InChI=1S/C19H24N2O2/c1-19(2,3)23-18(22)21-13-16-9-5-4-8-15(16)11-14-7-6-10-17(20)12-14/h4-10,12H,11,13,20H2,1-3H3,(H,21,22). The third-order valence-corrected chi connectivity index (χ3v) is 3.29. The van der Waals surface area contributed by atoms with Gasteiger partial charge in [-0.15, -0.1) is 0 Å². The first-order chi connectivity index (χ1) is 10.8. The molecule has 2 rings (SSSR count). The van der Waals surface area contributed by atoms with E-state index in [9.17, 15) is 4.79 Å². The van der Waals surface area contributed by atoms with Crippen LogP contribution >= 0.6 is 0 Å². The van der Waals surface area contributed by atoms with E-state index in [1.807, 2.05) is 57.2 Å². The highest BCUT2D eigenvalue weighted by atomic mass is 16.6. The minimum Gasteiger partial charge on any atom is -0.444 e. The summed E-state index contributed by atoms with van der Waals surface area (Å²) in [5.41, 5.74) is 9.47. The summed E-state index contributed by atoms with van der Waals surface area (Å²) in [6.07, 6.45) is 0.369. The van der Waals surface area contributed by atoms with Crippen molar-refractivity contribution in [3.63, 3.8) is 0 Å². The summed E-state index contributed by atoms with van der Waals surface area (Å²) in [6.45, 7) is 5.98. The first kappa shape index (κ1) is 16.9. The number of nitrogens with two attached hydrogens (primary N) is 1. The topological polar surface area (TPSA) is 64.3 Å². The Kier molecular flexibility index (Phi) is 5.27. The normalized spacial score (nSPS) is 11.1. The van der Waals surface area contributed by atoms with Crippen LogP contribution in [0.25, 0.3) is 0 Å². The van der Waals surface area contributed by atoms with Crippen LogP contribution in [0, 0.1) is 0 Å². The van der Waals surface area contributed by atoms with Crippen molar-refractivity contribution in [1.29, 1.82) is 0 Å². The van der Waals surface area contributed by atoms with Gasteiger partial charge in [-0.3, -0.25) is 0 Å². The van der Waals surface area contributed by atoms with Gasteiger partial charge in [0.15, 0.2) is 0 Å². The number of carbonyl (C=O) groups is 1. The zero-order chi connectivity index (χ0) is 16.9. The summed E-state index contributed by atoms with van der Waals surface area (Å²) in [4.78, 5) is 11.8. The Hall–Kier alpha value is -2.49. The predicted molar refractivity (Wildman–Crippen MR) is 93.2 cm³/mol. The molecular weight excluding hydrogens is 288 g/mol. The Morgan fingerprint density at radius 3 is 2.43 bits per heavy atom. The van der Waals surface area contributed by atoms with Gasteiger partial charge in [-0.25, -0.2) is 4.79 Å². The molecule has 0 aromatic heterocycles. The number of anilines is 1. The van der Waals surface area contributed by atoms with E-state index in [2.05, 4.69) is 17.4 Å². The van der Waals surface area contributed by atoms with Crippen molar-refractivity contribution in [3.8, 4) is 0 Å². The number of carbonyl (C=O) groups excluding carboxylic acids is 1. The fourth-order valence-corrected chi connectivity index (χ4v) is 2.31. The Bertz CT molecular complexity index is 675. The number of rotatable bonds is 4. The number of nitrogen functional groups attached to an aromatic ring is 1. The second-order valence-electron chi connectivity index (χ2n) is 6.55. The van der Waals surface area contributed by atoms with Crippen LogP contribution in [0.4, 0.5) is 10.5 Å². The largest absolute Gasteiger partial charge is 0.444 e. The number of hydrogen-bond donors (Lipinski definition) is 2. The van der Waals surface area contributed by atoms with Crippen LogP contribution in [-0.4, -0.2) is 11.7 Å². The number of hydrogen-bond acceptors (Lipinski definition) is 3. The van der Waals surface area contributed by atoms with Crippen LogP contribution in [0.3, 0.4) is 0 Å². The Labute approximate surface area is 137 Å². The highest BCUT2D eigenvalue weighted by Crippen LogP contribution is 2.16. The van der Waals surface area contributed by atoms with Gasteiger partial charge in [-0.05, 0) is 56.0 Å². The van der Waals surface area contributed by atoms with Crippen LogP contribution < -0.4 is 11.1 Å². The summed E-state index contributed by atoms with van der Waals surface area (Å²) in [7, 11) is 0. The third-order valence-electron chi connectivity index (χ3n) is 3.29. The van der Waals surface area contributed by atoms with E-state index in [1.54, 1.807) is 0 Å². The minimum absolute atomic E-state index is 0.406. The monoisotopic (exact) mass is 312 g/mol. The Morgan fingerprint density at radius 2 is 1.78 bits per heavy atom. The van der Waals surface area contributed by atoms with Crippen LogP contribution in [0.5, 0.6) is 0 Å². The first-order valence-corrected chi connectivity index (χ1v) is 7.71. The lowest BCUT2D eigenvalue weighted by molar-refractivity contribution is 0.0523. The maximum atomic E-state index is 11.8. The predicted octanol–water partition coefficient (Wildman–Crippen LogP) is 3.88. The van der Waals surface area contributed by atoms with E-state index < -0.39 is 11.7 Å². The van der Waals surface area contributed by atoms with E-state index >= 15 is 0 Å². The van der Waals surface area contributed by atoms with Crippen molar-refractivity contribution < 1.29 is 9.53 Å². The molecule has 122 valence electrons. The lowest BCUT2D eigenvalue weighted by atomic mass is 9.99. The number of alkyl carbamates (subject to hydrolysis) is 1. The summed E-state index contributed by atoms with van der Waals surface area (Å²) in [5, 5.41) is 2.81. The lowest BCUT2D eigenvalue weighted by Crippen LogP contribution is -2.32. The molecule has 0 aliphatic rings. The van der Waals surface area contributed by atoms with Gasteiger partial charge in [0.1, 0.15) is 5.60 Å². The van der Waals surface area contributed by atoms with Crippen molar-refractivity contribution in [1.82, 2.24) is 5.32 Å². The van der Waals surface area contributed by atoms with E-state index in [4.69, 9.17) is 10.5 Å². The average Bonchev–Trinajstić information content (AvgIpc) is 2.44. The molecule has 0 aliphatic carbocycles. The van der Waals surface area contributed by atoms with Crippen molar-refractivity contribution in [3.05, 3.63) is 65.2 Å². The van der Waals surface area contributed by atoms with Gasteiger partial charge < -0.3 is 15.8 Å². The maximum absolute atomic E-state index is 11.8. The number of ether oxygens (including phenoxy) is 1. The molecule has 0 aliphatic heterocycles. The molecule has 2 aromatic rings. The third kappa shape index (κ3) is 5.66. The quantitative estimate of drug-likeness (QED) is 0.842. The SMILES string of the molecule is CC(C)(C)OC(=O)NCc1ccccc1Cc1cccc(N)c1. The molecule has 4 heteroatoms. The molecule has 0 atom stereocenters. The molecule has 0 saturated carbocycles. The van der Waals surface area contributed by atoms with Gasteiger partial charge >= 0.3 is 6.09 Å². The molecule has 4 nitrogen and oxygen atoms in total. The Balaban J connectivity index is 2.04. The summed E-state index contributed by atoms with van der Waals surface area (Å²) < 4.78 is 5.27. The van der Waals surface area contributed by atoms with Crippen LogP contribution in [0.1, 0.15) is 37.5 Å². The zero-order valence-corrected chi connectivity index (χ0v) is 13.9. The van der Waals surface area contributed by atoms with E-state index in [0.717, 1.165) is 28.8 Å². The zero-order valence-electron chi connectivity index (χ0n) is 13.9. The number of nitrogens with one attached hydrogen (secondary N) is 1. The molecule has 0 saturated heterocycles. The molecule has 0 heterocycles. The second kappa shape index (κ2) is 7.18. The lowest BCUT2D eigenvalue weighted by Gasteiger charge is -2.20. The van der Waals surface area contributed by atoms with Crippen LogP contribution in [-0.2, 0) is 17.7 Å². The van der Waals surface area contributed by atoms with Crippen molar-refractivity contribution >= 4 is 11.8 Å². The molecule has 0 unspecified atom stereocenters. The molecule has 2 aromatic carbocycles. The molecule has 0 fully saturated rings. The molecule has 0 radical (unpaired) electrons. The molecular formula is C19H24N2O2. The second-order valence-corrected chi connectivity index (χ2v) is 6.55. The fourth-order valence-electron chi connectivity index (χ4n) is 2.31. The first-order valence-electron chi connectivity index (χ1n) is 7.71. The molecule has 23 heavy (non-hydrogen) atoms. The van der Waals surface area contributed by atoms with Gasteiger partial charge in [-0.1, -0.05) is 36.4 Å². The average molecular weight is 312 g/mol. The van der Waals surface area contributed by atoms with Crippen molar-refractivity contribution in [2.45, 2.75) is 39.3 Å². The summed E-state index contributed by atoms with van der Waals surface area (Å²) >= 11 is 0. The van der Waals surface area contributed by atoms with Gasteiger partial charge in [0.05, 0.1) is 0 Å². The van der Waals surface area contributed by atoms with Crippen LogP contribution in [0.2, 0.25) is 0 Å². The van der Waals surface area contributed by atoms with Gasteiger partial charge in [-0.2, -0.15) is 0 Å². The highest BCUT2D eigenvalue weighted by Gasteiger charge is 2.16. The van der Waals surface area contributed by atoms with Gasteiger partial charge in [0.25, 0.3) is 0 Å².